The number of hydrogen-bond acceptors (Lipinski definition) is 3. The van der Waals surface area contributed by atoms with Crippen LogP contribution in [-0.4, -0.2) is 11.0 Å². The second-order valence-corrected chi connectivity index (χ2v) is 5.28. The van der Waals surface area contributed by atoms with Crippen molar-refractivity contribution in [2.24, 2.45) is 10.9 Å². The maximum absolute atomic E-state index is 8.79. The average Bonchev–Trinajstić information content (AvgIpc) is 2.45. The first kappa shape index (κ1) is 13.5. The fourth-order valence-electron chi connectivity index (χ4n) is 1.82. The summed E-state index contributed by atoms with van der Waals surface area (Å²) in [6.07, 6.45) is 0. The molecule has 0 radical (unpaired) electrons. The predicted octanol–water partition coefficient (Wildman–Crippen LogP) is 3.38. The highest BCUT2D eigenvalue weighted by Gasteiger charge is 2.07. The van der Waals surface area contributed by atoms with Crippen LogP contribution in [0.5, 0.6) is 0 Å². The quantitative estimate of drug-likeness (QED) is 0.295. The number of oxime groups is 1. The van der Waals surface area contributed by atoms with Gasteiger partial charge in [-0.15, -0.1) is 11.8 Å². The van der Waals surface area contributed by atoms with E-state index in [4.69, 9.17) is 10.9 Å². The van der Waals surface area contributed by atoms with Crippen LogP contribution in [0.3, 0.4) is 0 Å². The van der Waals surface area contributed by atoms with Crippen molar-refractivity contribution in [1.29, 1.82) is 0 Å². The summed E-state index contributed by atoms with van der Waals surface area (Å²) in [7, 11) is 0. The second kappa shape index (κ2) is 6.29. The van der Waals surface area contributed by atoms with Crippen molar-refractivity contribution < 1.29 is 5.21 Å². The molecule has 2 aromatic rings. The Morgan fingerprint density at radius 2 is 2.00 bits per heavy atom. The molecule has 0 unspecified atom stereocenters. The third-order valence-electron chi connectivity index (χ3n) is 2.75. The van der Waals surface area contributed by atoms with Crippen molar-refractivity contribution in [2.45, 2.75) is 17.6 Å². The highest BCUT2D eigenvalue weighted by atomic mass is 32.2. The molecule has 0 bridgehead atoms. The van der Waals surface area contributed by atoms with Gasteiger partial charge in [0.25, 0.3) is 0 Å². The summed E-state index contributed by atoms with van der Waals surface area (Å²) in [6, 6.07) is 16.1. The standard InChI is InChI=1S/C15H16N2OS/c1-11-5-4-6-12(9-11)10-19-14-8-3-2-7-13(14)15(16)17-18/h2-9,18H,10H2,1H3,(H2,16,17). The molecule has 0 aliphatic heterocycles. The number of benzene rings is 2. The zero-order valence-electron chi connectivity index (χ0n) is 10.7. The van der Waals surface area contributed by atoms with Crippen LogP contribution in [0.4, 0.5) is 0 Å². The molecule has 0 fully saturated rings. The molecular weight excluding hydrogens is 256 g/mol. The molecular formula is C15H16N2OS. The molecule has 0 heterocycles. The van der Waals surface area contributed by atoms with E-state index in [-0.39, 0.29) is 5.84 Å². The van der Waals surface area contributed by atoms with E-state index in [2.05, 4.69) is 36.3 Å². The Bertz CT molecular complexity index is 596. The summed E-state index contributed by atoms with van der Waals surface area (Å²) < 4.78 is 0. The van der Waals surface area contributed by atoms with Crippen LogP contribution in [0.2, 0.25) is 0 Å². The van der Waals surface area contributed by atoms with Gasteiger partial charge in [-0.2, -0.15) is 0 Å². The van der Waals surface area contributed by atoms with Crippen molar-refractivity contribution >= 4 is 17.6 Å². The van der Waals surface area contributed by atoms with Gasteiger partial charge in [0.05, 0.1) is 0 Å². The predicted molar refractivity (Wildman–Crippen MR) is 79.7 cm³/mol. The fourth-order valence-corrected chi connectivity index (χ4v) is 2.83. The minimum atomic E-state index is 0.146. The number of aryl methyl sites for hydroxylation is 1. The summed E-state index contributed by atoms with van der Waals surface area (Å²) in [5.41, 5.74) is 8.96. The van der Waals surface area contributed by atoms with Gasteiger partial charge in [0.15, 0.2) is 5.84 Å². The van der Waals surface area contributed by atoms with Crippen molar-refractivity contribution in [2.75, 3.05) is 0 Å². The molecule has 0 aliphatic carbocycles. The highest BCUT2D eigenvalue weighted by Crippen LogP contribution is 2.26. The third kappa shape index (κ3) is 3.51. The van der Waals surface area contributed by atoms with Crippen LogP contribution in [0, 0.1) is 6.92 Å². The van der Waals surface area contributed by atoms with Crippen LogP contribution < -0.4 is 5.73 Å². The number of thioether (sulfide) groups is 1. The number of nitrogens with two attached hydrogens (primary N) is 1. The van der Waals surface area contributed by atoms with Gasteiger partial charge in [-0.1, -0.05) is 53.2 Å². The van der Waals surface area contributed by atoms with E-state index < -0.39 is 0 Å². The maximum atomic E-state index is 8.79. The van der Waals surface area contributed by atoms with Gasteiger partial charge in [0.2, 0.25) is 0 Å². The molecule has 0 saturated carbocycles. The minimum Gasteiger partial charge on any atom is -0.409 e. The third-order valence-corrected chi connectivity index (χ3v) is 3.89. The Morgan fingerprint density at radius 1 is 1.21 bits per heavy atom. The number of amidine groups is 1. The Kier molecular flexibility index (Phi) is 4.47. The SMILES string of the molecule is Cc1cccc(CSc2ccccc2/C(N)=N/O)c1. The number of hydrogen-bond donors (Lipinski definition) is 2. The van der Waals surface area contributed by atoms with Gasteiger partial charge in [-0.25, -0.2) is 0 Å². The molecule has 19 heavy (non-hydrogen) atoms. The Morgan fingerprint density at radius 3 is 2.74 bits per heavy atom. The normalized spacial score (nSPS) is 11.5. The first-order valence-corrected chi connectivity index (χ1v) is 6.94. The molecule has 0 aliphatic rings. The van der Waals surface area contributed by atoms with Crippen LogP contribution in [-0.2, 0) is 5.75 Å². The average molecular weight is 272 g/mol. The van der Waals surface area contributed by atoms with Crippen molar-refractivity contribution in [1.82, 2.24) is 0 Å². The molecule has 2 aromatic carbocycles. The number of rotatable bonds is 4. The second-order valence-electron chi connectivity index (χ2n) is 4.26. The van der Waals surface area contributed by atoms with E-state index in [9.17, 15) is 0 Å². The van der Waals surface area contributed by atoms with E-state index in [1.807, 2.05) is 24.3 Å². The van der Waals surface area contributed by atoms with Gasteiger partial charge in [-0.05, 0) is 18.6 Å². The monoisotopic (exact) mass is 272 g/mol. The molecule has 3 nitrogen and oxygen atoms in total. The van der Waals surface area contributed by atoms with Crippen LogP contribution in [0.1, 0.15) is 16.7 Å². The summed E-state index contributed by atoms with van der Waals surface area (Å²) >= 11 is 1.68. The zero-order chi connectivity index (χ0) is 13.7. The lowest BCUT2D eigenvalue weighted by atomic mass is 10.2. The lowest BCUT2D eigenvalue weighted by molar-refractivity contribution is 0.318. The van der Waals surface area contributed by atoms with E-state index >= 15 is 0 Å². The fraction of sp³-hybridized carbons (Fsp3) is 0.133. The largest absolute Gasteiger partial charge is 0.409 e. The van der Waals surface area contributed by atoms with Crippen LogP contribution >= 0.6 is 11.8 Å². The topological polar surface area (TPSA) is 58.6 Å². The molecule has 4 heteroatoms. The highest BCUT2D eigenvalue weighted by molar-refractivity contribution is 7.98. The lowest BCUT2D eigenvalue weighted by Crippen LogP contribution is -2.14. The van der Waals surface area contributed by atoms with Gasteiger partial charge >= 0.3 is 0 Å². The van der Waals surface area contributed by atoms with E-state index in [0.717, 1.165) is 16.2 Å². The molecule has 0 atom stereocenters. The minimum absolute atomic E-state index is 0.146. The van der Waals surface area contributed by atoms with Gasteiger partial charge < -0.3 is 10.9 Å². The molecule has 98 valence electrons. The Labute approximate surface area is 117 Å². The summed E-state index contributed by atoms with van der Waals surface area (Å²) in [6.45, 7) is 2.08. The molecule has 0 saturated heterocycles. The van der Waals surface area contributed by atoms with Crippen molar-refractivity contribution in [3.8, 4) is 0 Å². The Balaban J connectivity index is 2.16. The summed E-state index contributed by atoms with van der Waals surface area (Å²) in [4.78, 5) is 1.01. The molecule has 0 spiro atoms. The van der Waals surface area contributed by atoms with Gasteiger partial charge in [0.1, 0.15) is 0 Å². The smallest absolute Gasteiger partial charge is 0.171 e. The van der Waals surface area contributed by atoms with Gasteiger partial charge in [0, 0.05) is 16.2 Å². The summed E-state index contributed by atoms with van der Waals surface area (Å²) in [5.74, 6) is 1.00. The van der Waals surface area contributed by atoms with Gasteiger partial charge in [-0.3, -0.25) is 0 Å². The lowest BCUT2D eigenvalue weighted by Gasteiger charge is -2.08. The van der Waals surface area contributed by atoms with E-state index in [1.54, 1.807) is 11.8 Å². The molecule has 0 amide bonds. The first-order chi connectivity index (χ1) is 9.20. The molecule has 3 N–H and O–H groups in total. The molecule has 2 rings (SSSR count). The van der Waals surface area contributed by atoms with Crippen LogP contribution in [0.15, 0.2) is 58.6 Å². The first-order valence-electron chi connectivity index (χ1n) is 5.96. The zero-order valence-corrected chi connectivity index (χ0v) is 11.5. The maximum Gasteiger partial charge on any atom is 0.171 e. The van der Waals surface area contributed by atoms with Crippen molar-refractivity contribution in [3.05, 3.63) is 65.2 Å². The van der Waals surface area contributed by atoms with Crippen molar-refractivity contribution in [3.63, 3.8) is 0 Å². The summed E-state index contributed by atoms with van der Waals surface area (Å²) in [5, 5.41) is 11.9. The Hall–Kier alpha value is -1.94. The van der Waals surface area contributed by atoms with E-state index in [1.165, 1.54) is 11.1 Å². The molecule has 0 aromatic heterocycles. The van der Waals surface area contributed by atoms with E-state index in [0.29, 0.717) is 0 Å². The number of nitrogens with zero attached hydrogens (tertiary/aromatic N) is 1. The van der Waals surface area contributed by atoms with Crippen LogP contribution in [0.25, 0.3) is 0 Å².